The Kier molecular flexibility index (Phi) is 2.15. The van der Waals surface area contributed by atoms with E-state index in [9.17, 15) is 20.2 Å². The number of hydrogen-bond donors (Lipinski definition) is 0. The number of nitrogens with zero attached hydrogens (tertiary/aromatic N) is 3. The van der Waals surface area contributed by atoms with Crippen LogP contribution < -0.4 is 0 Å². The molecule has 0 aliphatic carbocycles. The van der Waals surface area contributed by atoms with Gasteiger partial charge >= 0.3 is 0 Å². The predicted octanol–water partition coefficient (Wildman–Crippen LogP) is 2.02. The van der Waals surface area contributed by atoms with Crippen molar-refractivity contribution in [2.24, 2.45) is 4.99 Å². The first kappa shape index (κ1) is 10.2. The molecule has 82 valence electrons. The first-order chi connectivity index (χ1) is 7.50. The van der Waals surface area contributed by atoms with Crippen LogP contribution in [0.3, 0.4) is 0 Å². The van der Waals surface area contributed by atoms with E-state index in [2.05, 4.69) is 4.99 Å². The quantitative estimate of drug-likeness (QED) is 0.575. The van der Waals surface area contributed by atoms with Crippen LogP contribution in [0.1, 0.15) is 18.5 Å². The topological polar surface area (TPSA) is 98.6 Å². The minimum absolute atomic E-state index is 0.250. The molecule has 1 unspecified atom stereocenters. The van der Waals surface area contributed by atoms with Crippen molar-refractivity contribution < 1.29 is 9.85 Å². The second-order valence-electron chi connectivity index (χ2n) is 3.43. The second-order valence-corrected chi connectivity index (χ2v) is 3.43. The van der Waals surface area contributed by atoms with Crippen LogP contribution in [0.5, 0.6) is 0 Å². The van der Waals surface area contributed by atoms with Crippen LogP contribution in [0.25, 0.3) is 0 Å². The molecular formula is C9H7N3O4. The SMILES string of the molecule is CC1=NC1c1ccc([N+](=O)[O-])cc1[N+](=O)[O-]. The molecular weight excluding hydrogens is 214 g/mol. The average Bonchev–Trinajstić information content (AvgIpc) is 2.94. The predicted molar refractivity (Wildman–Crippen MR) is 55.6 cm³/mol. The van der Waals surface area contributed by atoms with Crippen molar-refractivity contribution in [1.82, 2.24) is 0 Å². The summed E-state index contributed by atoms with van der Waals surface area (Å²) in [5.74, 6) is 0. The maximum atomic E-state index is 10.8. The molecule has 7 nitrogen and oxygen atoms in total. The van der Waals surface area contributed by atoms with Gasteiger partial charge in [0.05, 0.1) is 21.5 Å². The van der Waals surface area contributed by atoms with Gasteiger partial charge in [0.2, 0.25) is 0 Å². The molecule has 0 radical (unpaired) electrons. The van der Waals surface area contributed by atoms with Crippen LogP contribution in [0.2, 0.25) is 0 Å². The molecule has 0 amide bonds. The van der Waals surface area contributed by atoms with Gasteiger partial charge < -0.3 is 0 Å². The molecule has 16 heavy (non-hydrogen) atoms. The van der Waals surface area contributed by atoms with E-state index in [1.807, 2.05) is 0 Å². The summed E-state index contributed by atoms with van der Waals surface area (Å²) >= 11 is 0. The van der Waals surface area contributed by atoms with E-state index in [1.54, 1.807) is 6.92 Å². The van der Waals surface area contributed by atoms with Crippen molar-refractivity contribution in [2.75, 3.05) is 0 Å². The number of nitro benzene ring substituents is 2. The molecule has 0 N–H and O–H groups in total. The molecule has 0 fully saturated rings. The molecule has 1 aliphatic heterocycles. The van der Waals surface area contributed by atoms with Gasteiger partial charge in [-0.25, -0.2) is 0 Å². The smallest absolute Gasteiger partial charge is 0.277 e. The molecule has 0 saturated carbocycles. The number of aliphatic imine (C=N–C) groups is 1. The lowest BCUT2D eigenvalue weighted by Gasteiger charge is -1.99. The lowest BCUT2D eigenvalue weighted by Crippen LogP contribution is -1.98. The van der Waals surface area contributed by atoms with Gasteiger partial charge in [0.1, 0.15) is 6.04 Å². The highest BCUT2D eigenvalue weighted by atomic mass is 16.6. The molecule has 0 bridgehead atoms. The summed E-state index contributed by atoms with van der Waals surface area (Å²) in [5.41, 5.74) is 0.679. The molecule has 1 aliphatic rings. The molecule has 0 spiro atoms. The maximum Gasteiger partial charge on any atom is 0.282 e. The zero-order valence-corrected chi connectivity index (χ0v) is 8.28. The number of non-ortho nitro benzene ring substituents is 1. The maximum absolute atomic E-state index is 10.8. The fourth-order valence-electron chi connectivity index (χ4n) is 1.50. The first-order valence-corrected chi connectivity index (χ1v) is 4.47. The largest absolute Gasteiger partial charge is 0.282 e. The van der Waals surface area contributed by atoms with Gasteiger partial charge in [-0.05, 0) is 13.0 Å². The van der Waals surface area contributed by atoms with E-state index in [-0.39, 0.29) is 17.4 Å². The Labute approximate surface area is 89.7 Å². The lowest BCUT2D eigenvalue weighted by molar-refractivity contribution is -0.394. The van der Waals surface area contributed by atoms with Gasteiger partial charge in [0, 0.05) is 11.8 Å². The Morgan fingerprint density at radius 2 is 1.88 bits per heavy atom. The first-order valence-electron chi connectivity index (χ1n) is 4.47. The van der Waals surface area contributed by atoms with Gasteiger partial charge in [0.25, 0.3) is 11.4 Å². The van der Waals surface area contributed by atoms with Crippen molar-refractivity contribution >= 4 is 17.1 Å². The highest BCUT2D eigenvalue weighted by molar-refractivity contribution is 6.00. The van der Waals surface area contributed by atoms with Crippen LogP contribution >= 0.6 is 0 Å². The molecule has 1 heterocycles. The number of hydrogen-bond acceptors (Lipinski definition) is 5. The van der Waals surface area contributed by atoms with E-state index in [0.717, 1.165) is 11.8 Å². The van der Waals surface area contributed by atoms with Crippen molar-refractivity contribution in [3.8, 4) is 0 Å². The van der Waals surface area contributed by atoms with Gasteiger partial charge in [0.15, 0.2) is 0 Å². The Hall–Kier alpha value is -2.31. The Morgan fingerprint density at radius 3 is 2.31 bits per heavy atom. The minimum Gasteiger partial charge on any atom is -0.277 e. The van der Waals surface area contributed by atoms with E-state index in [1.165, 1.54) is 12.1 Å². The molecule has 7 heteroatoms. The third-order valence-electron chi connectivity index (χ3n) is 2.38. The van der Waals surface area contributed by atoms with Crippen molar-refractivity contribution in [3.63, 3.8) is 0 Å². The van der Waals surface area contributed by atoms with Crippen LogP contribution in [-0.2, 0) is 0 Å². The summed E-state index contributed by atoms with van der Waals surface area (Å²) in [4.78, 5) is 24.0. The number of benzene rings is 1. The fraction of sp³-hybridized carbons (Fsp3) is 0.222. The van der Waals surface area contributed by atoms with E-state index >= 15 is 0 Å². The summed E-state index contributed by atoms with van der Waals surface area (Å²) in [6.45, 7) is 1.76. The van der Waals surface area contributed by atoms with Crippen molar-refractivity contribution in [1.29, 1.82) is 0 Å². The third kappa shape index (κ3) is 1.62. The number of nitro groups is 2. The fourth-order valence-corrected chi connectivity index (χ4v) is 1.50. The summed E-state index contributed by atoms with van der Waals surface area (Å²) in [7, 11) is 0. The van der Waals surface area contributed by atoms with Crippen LogP contribution in [0.4, 0.5) is 11.4 Å². The molecule has 1 aromatic rings. The van der Waals surface area contributed by atoms with E-state index in [0.29, 0.717) is 5.56 Å². The highest BCUT2D eigenvalue weighted by Gasteiger charge is 2.32. The van der Waals surface area contributed by atoms with E-state index in [4.69, 9.17) is 0 Å². The van der Waals surface area contributed by atoms with Crippen molar-refractivity contribution in [3.05, 3.63) is 44.0 Å². The molecule has 2 rings (SSSR count). The van der Waals surface area contributed by atoms with Crippen molar-refractivity contribution in [2.45, 2.75) is 13.0 Å². The monoisotopic (exact) mass is 221 g/mol. The summed E-state index contributed by atoms with van der Waals surface area (Å²) < 4.78 is 0. The molecule has 0 saturated heterocycles. The standard InChI is InChI=1S/C9H7N3O4/c1-5-9(10-5)7-3-2-6(11(13)14)4-8(7)12(15)16/h2-4,9H,1H3. The normalized spacial score (nSPS) is 17.8. The molecule has 1 aromatic carbocycles. The molecule has 0 aromatic heterocycles. The van der Waals surface area contributed by atoms with Gasteiger partial charge in [-0.2, -0.15) is 0 Å². The second kappa shape index (κ2) is 3.37. The third-order valence-corrected chi connectivity index (χ3v) is 2.38. The zero-order chi connectivity index (χ0) is 11.9. The zero-order valence-electron chi connectivity index (χ0n) is 8.28. The summed E-state index contributed by atoms with van der Waals surface area (Å²) in [6, 6.07) is 3.34. The summed E-state index contributed by atoms with van der Waals surface area (Å²) in [5, 5.41) is 21.3. The lowest BCUT2D eigenvalue weighted by atomic mass is 10.1. The minimum atomic E-state index is -0.655. The number of rotatable bonds is 3. The van der Waals surface area contributed by atoms with Crippen LogP contribution in [0, 0.1) is 20.2 Å². The Morgan fingerprint density at radius 1 is 1.25 bits per heavy atom. The van der Waals surface area contributed by atoms with Gasteiger partial charge in [-0.3, -0.25) is 25.2 Å². The Bertz CT molecular complexity index is 523. The molecule has 1 atom stereocenters. The van der Waals surface area contributed by atoms with Gasteiger partial charge in [-0.15, -0.1) is 0 Å². The summed E-state index contributed by atoms with van der Waals surface area (Å²) in [6.07, 6.45) is 0. The van der Waals surface area contributed by atoms with Gasteiger partial charge in [-0.1, -0.05) is 0 Å². The average molecular weight is 221 g/mol. The van der Waals surface area contributed by atoms with Crippen LogP contribution in [-0.4, -0.2) is 15.6 Å². The van der Waals surface area contributed by atoms with E-state index < -0.39 is 9.85 Å². The van der Waals surface area contributed by atoms with Crippen LogP contribution in [0.15, 0.2) is 23.2 Å². The highest BCUT2D eigenvalue weighted by Crippen LogP contribution is 2.38. The Balaban J connectivity index is 2.46.